The van der Waals surface area contributed by atoms with Crippen LogP contribution in [0.5, 0.6) is 0 Å². The summed E-state index contributed by atoms with van der Waals surface area (Å²) in [5.41, 5.74) is 6.46. The Kier molecular flexibility index (Phi) is 4.41. The number of rotatable bonds is 5. The van der Waals surface area contributed by atoms with Crippen molar-refractivity contribution < 1.29 is 17.6 Å². The van der Waals surface area contributed by atoms with Crippen molar-refractivity contribution in [3.8, 4) is 0 Å². The van der Waals surface area contributed by atoms with Crippen LogP contribution >= 0.6 is 0 Å². The molecule has 0 spiro atoms. The second kappa shape index (κ2) is 6.08. The Morgan fingerprint density at radius 3 is 2.33 bits per heavy atom. The van der Waals surface area contributed by atoms with Crippen LogP contribution in [0.25, 0.3) is 0 Å². The molecule has 0 bridgehead atoms. The Labute approximate surface area is 122 Å². The Morgan fingerprint density at radius 1 is 1.14 bits per heavy atom. The molecule has 7 nitrogen and oxygen atoms in total. The van der Waals surface area contributed by atoms with Gasteiger partial charge in [-0.15, -0.1) is 0 Å². The molecule has 8 heteroatoms. The lowest BCUT2D eigenvalue weighted by atomic mass is 10.2. The first kappa shape index (κ1) is 15.2. The molecule has 1 heterocycles. The zero-order chi connectivity index (χ0) is 15.5. The van der Waals surface area contributed by atoms with Crippen LogP contribution in [-0.4, -0.2) is 14.3 Å². The normalized spacial score (nSPS) is 11.3. The van der Waals surface area contributed by atoms with Crippen LogP contribution in [0, 0.1) is 0 Å². The van der Waals surface area contributed by atoms with Gasteiger partial charge in [0.15, 0.2) is 5.76 Å². The number of furan rings is 1. The second-order valence-electron chi connectivity index (χ2n) is 4.43. The van der Waals surface area contributed by atoms with E-state index in [1.165, 1.54) is 6.07 Å². The first-order valence-corrected chi connectivity index (χ1v) is 7.78. The van der Waals surface area contributed by atoms with E-state index in [4.69, 9.17) is 15.3 Å². The van der Waals surface area contributed by atoms with Crippen molar-refractivity contribution in [3.05, 3.63) is 53.5 Å². The molecular weight excluding hydrogens is 294 g/mol. The highest BCUT2D eigenvalue weighted by molar-refractivity contribution is 7.88. The Hall–Kier alpha value is -2.16. The second-order valence-corrected chi connectivity index (χ2v) is 6.04. The lowest BCUT2D eigenvalue weighted by Gasteiger charge is -2.05. The predicted octanol–water partition coefficient (Wildman–Crippen LogP) is 0.779. The minimum atomic E-state index is -3.57. The fourth-order valence-corrected chi connectivity index (χ4v) is 2.38. The summed E-state index contributed by atoms with van der Waals surface area (Å²) in [4.78, 5) is 11.9. The van der Waals surface area contributed by atoms with Crippen molar-refractivity contribution in [2.24, 2.45) is 10.9 Å². The maximum atomic E-state index is 11.9. The largest absolute Gasteiger partial charge is 0.455 e. The molecule has 0 saturated carbocycles. The first-order chi connectivity index (χ1) is 9.87. The smallest absolute Gasteiger partial charge is 0.291 e. The van der Waals surface area contributed by atoms with Gasteiger partial charge < -0.3 is 15.5 Å². The van der Waals surface area contributed by atoms with Crippen LogP contribution in [0.15, 0.2) is 40.8 Å². The molecular formula is C13H15N3O4S. The average molecular weight is 309 g/mol. The number of primary sulfonamides is 1. The van der Waals surface area contributed by atoms with Gasteiger partial charge in [0, 0.05) is 5.69 Å². The van der Waals surface area contributed by atoms with Crippen LogP contribution in [0.4, 0.5) is 5.69 Å². The van der Waals surface area contributed by atoms with Crippen molar-refractivity contribution >= 4 is 21.6 Å². The third-order valence-electron chi connectivity index (χ3n) is 2.67. The van der Waals surface area contributed by atoms with E-state index < -0.39 is 15.9 Å². The Bertz CT molecular complexity index is 735. The quantitative estimate of drug-likeness (QED) is 0.751. The molecule has 0 unspecified atom stereocenters. The van der Waals surface area contributed by atoms with Gasteiger partial charge >= 0.3 is 0 Å². The number of carbonyl (C=O) groups is 1. The highest BCUT2D eigenvalue weighted by atomic mass is 32.2. The summed E-state index contributed by atoms with van der Waals surface area (Å²) >= 11 is 0. The standard InChI is InChI=1S/C13H15N3O4S/c14-7-11-5-6-12(20-11)13(17)16-10-3-1-9(2-4-10)8-21(15,18)19/h1-6H,7-8,14H2,(H,16,17)(H2,15,18,19). The maximum absolute atomic E-state index is 11.9. The topological polar surface area (TPSA) is 128 Å². The number of sulfonamides is 1. The van der Waals surface area contributed by atoms with Gasteiger partial charge in [-0.2, -0.15) is 0 Å². The number of nitrogens with one attached hydrogen (secondary N) is 1. The van der Waals surface area contributed by atoms with Crippen molar-refractivity contribution in [2.45, 2.75) is 12.3 Å². The first-order valence-electron chi connectivity index (χ1n) is 6.07. The third kappa shape index (κ3) is 4.42. The molecule has 0 radical (unpaired) electrons. The van der Waals surface area contributed by atoms with Gasteiger partial charge in [-0.1, -0.05) is 12.1 Å². The SMILES string of the molecule is NCc1ccc(C(=O)Nc2ccc(CS(N)(=O)=O)cc2)o1. The van der Waals surface area contributed by atoms with Crippen molar-refractivity contribution in [3.63, 3.8) is 0 Å². The van der Waals surface area contributed by atoms with Crippen LogP contribution in [-0.2, 0) is 22.3 Å². The lowest BCUT2D eigenvalue weighted by Crippen LogP contribution is -2.14. The Morgan fingerprint density at radius 2 is 1.81 bits per heavy atom. The van der Waals surface area contributed by atoms with E-state index in [0.717, 1.165) is 0 Å². The van der Waals surface area contributed by atoms with E-state index in [1.807, 2.05) is 0 Å². The van der Waals surface area contributed by atoms with Crippen molar-refractivity contribution in [1.29, 1.82) is 0 Å². The number of hydrogen-bond donors (Lipinski definition) is 3. The summed E-state index contributed by atoms with van der Waals surface area (Å²) in [6.45, 7) is 0.218. The molecule has 1 aromatic heterocycles. The number of amides is 1. The predicted molar refractivity (Wildman–Crippen MR) is 77.8 cm³/mol. The third-order valence-corrected chi connectivity index (χ3v) is 3.40. The number of anilines is 1. The number of nitrogens with two attached hydrogens (primary N) is 2. The highest BCUT2D eigenvalue weighted by Crippen LogP contribution is 2.14. The van der Waals surface area contributed by atoms with E-state index >= 15 is 0 Å². The van der Waals surface area contributed by atoms with Crippen LogP contribution in [0.2, 0.25) is 0 Å². The van der Waals surface area contributed by atoms with E-state index in [9.17, 15) is 13.2 Å². The molecule has 2 aromatic rings. The van der Waals surface area contributed by atoms with Gasteiger partial charge in [-0.05, 0) is 29.8 Å². The number of hydrogen-bond acceptors (Lipinski definition) is 5. The minimum Gasteiger partial charge on any atom is -0.455 e. The van der Waals surface area contributed by atoms with Gasteiger partial charge in [-0.3, -0.25) is 4.79 Å². The minimum absolute atomic E-state index is 0.157. The molecule has 0 aliphatic rings. The van der Waals surface area contributed by atoms with Gasteiger partial charge in [0.2, 0.25) is 10.0 Å². The van der Waals surface area contributed by atoms with E-state index in [-0.39, 0.29) is 18.1 Å². The van der Waals surface area contributed by atoms with E-state index in [0.29, 0.717) is 17.0 Å². The zero-order valence-electron chi connectivity index (χ0n) is 11.1. The molecule has 0 saturated heterocycles. The molecule has 0 fully saturated rings. The highest BCUT2D eigenvalue weighted by Gasteiger charge is 2.11. The van der Waals surface area contributed by atoms with Crippen molar-refractivity contribution in [1.82, 2.24) is 0 Å². The summed E-state index contributed by atoms with van der Waals surface area (Å²) in [6.07, 6.45) is 0. The molecule has 5 N–H and O–H groups in total. The monoisotopic (exact) mass is 309 g/mol. The summed E-state index contributed by atoms with van der Waals surface area (Å²) in [5.74, 6) is 0.0147. The van der Waals surface area contributed by atoms with Crippen molar-refractivity contribution in [2.75, 3.05) is 5.32 Å². The van der Waals surface area contributed by atoms with Gasteiger partial charge in [0.05, 0.1) is 12.3 Å². The number of benzene rings is 1. The fourth-order valence-electron chi connectivity index (χ4n) is 1.72. The van der Waals surface area contributed by atoms with E-state index in [1.54, 1.807) is 30.3 Å². The van der Waals surface area contributed by atoms with Crippen LogP contribution < -0.4 is 16.2 Å². The molecule has 1 amide bonds. The molecule has 0 aliphatic carbocycles. The molecule has 1 aromatic carbocycles. The Balaban J connectivity index is 2.04. The molecule has 2 rings (SSSR count). The van der Waals surface area contributed by atoms with Crippen LogP contribution in [0.1, 0.15) is 21.9 Å². The average Bonchev–Trinajstić information content (AvgIpc) is 2.88. The summed E-state index contributed by atoms with van der Waals surface area (Å²) in [7, 11) is -3.57. The molecule has 21 heavy (non-hydrogen) atoms. The fraction of sp³-hybridized carbons (Fsp3) is 0.154. The lowest BCUT2D eigenvalue weighted by molar-refractivity contribution is 0.0995. The molecule has 0 atom stereocenters. The number of carbonyl (C=O) groups excluding carboxylic acids is 1. The van der Waals surface area contributed by atoms with Gasteiger partial charge in [-0.25, -0.2) is 13.6 Å². The molecule has 0 aliphatic heterocycles. The van der Waals surface area contributed by atoms with E-state index in [2.05, 4.69) is 5.32 Å². The van der Waals surface area contributed by atoms with Gasteiger partial charge in [0.25, 0.3) is 5.91 Å². The summed E-state index contributed by atoms with van der Waals surface area (Å²) < 4.78 is 27.2. The summed E-state index contributed by atoms with van der Waals surface area (Å²) in [6, 6.07) is 9.49. The maximum Gasteiger partial charge on any atom is 0.291 e. The van der Waals surface area contributed by atoms with Crippen LogP contribution in [0.3, 0.4) is 0 Å². The van der Waals surface area contributed by atoms with Gasteiger partial charge in [0.1, 0.15) is 5.76 Å². The summed E-state index contributed by atoms with van der Waals surface area (Å²) in [5, 5.41) is 7.59. The zero-order valence-corrected chi connectivity index (χ0v) is 11.9. The molecule has 112 valence electrons.